The summed E-state index contributed by atoms with van der Waals surface area (Å²) in [6.07, 6.45) is -0.373. The van der Waals surface area contributed by atoms with Gasteiger partial charge in [-0.1, -0.05) is 61.5 Å². The second-order valence-electron chi connectivity index (χ2n) is 11.0. The van der Waals surface area contributed by atoms with Crippen LogP contribution in [0.3, 0.4) is 0 Å². The van der Waals surface area contributed by atoms with Crippen molar-refractivity contribution in [1.29, 1.82) is 0 Å². The normalized spacial score (nSPS) is 13.2. The second kappa shape index (κ2) is 15.3. The Bertz CT molecular complexity index is 1480. The standard InChI is InChI=1S/C32H38F2N4O7/c1-22(28(40)43-5)18-25-12-9-13-26(19-25)31(3,15-16-32(33,34)21-45-27-14-17-38(35-27)23(2)39)29(41)36-37(4)30(42)44-20-24-10-7-6-8-11-24/h6-14,17,19,22H,15-16,18,20-21H2,1-5H3,(H,36,41)/t22-,31?/m0/s1. The highest BCUT2D eigenvalue weighted by Gasteiger charge is 2.41. The lowest BCUT2D eigenvalue weighted by Crippen LogP contribution is -2.51. The molecule has 1 aromatic heterocycles. The van der Waals surface area contributed by atoms with Crippen molar-refractivity contribution in [1.82, 2.24) is 20.2 Å². The summed E-state index contributed by atoms with van der Waals surface area (Å²) in [5.41, 5.74) is 2.75. The number of alkyl halides is 2. The number of hydrogen-bond donors (Lipinski definition) is 1. The number of rotatable bonds is 13. The number of carbonyl (C=O) groups is 4. The second-order valence-corrected chi connectivity index (χ2v) is 11.0. The first kappa shape index (κ1) is 34.7. The SMILES string of the molecule is COC(=O)[C@@H](C)Cc1cccc(C(C)(CCC(F)(F)COc2ccn(C(C)=O)n2)C(=O)NN(C)C(=O)OCc2ccccc2)c1. The van der Waals surface area contributed by atoms with Crippen LogP contribution in [0.15, 0.2) is 66.9 Å². The Hall–Kier alpha value is -4.81. The van der Waals surface area contributed by atoms with Crippen molar-refractivity contribution in [2.45, 2.75) is 58.0 Å². The number of esters is 1. The first-order valence-corrected chi connectivity index (χ1v) is 14.2. The fourth-order valence-corrected chi connectivity index (χ4v) is 4.45. The first-order chi connectivity index (χ1) is 21.2. The summed E-state index contributed by atoms with van der Waals surface area (Å²) in [4.78, 5) is 49.8. The lowest BCUT2D eigenvalue weighted by molar-refractivity contribution is -0.144. The molecule has 0 fully saturated rings. The van der Waals surface area contributed by atoms with Crippen molar-refractivity contribution < 1.29 is 42.2 Å². The molecule has 0 spiro atoms. The molecule has 0 aliphatic carbocycles. The number of hydrogen-bond acceptors (Lipinski definition) is 8. The van der Waals surface area contributed by atoms with Crippen LogP contribution in [0.1, 0.15) is 55.1 Å². The highest BCUT2D eigenvalue weighted by Crippen LogP contribution is 2.35. The van der Waals surface area contributed by atoms with E-state index in [4.69, 9.17) is 14.2 Å². The van der Waals surface area contributed by atoms with Crippen molar-refractivity contribution in [3.05, 3.63) is 83.6 Å². The molecule has 11 nitrogen and oxygen atoms in total. The molecule has 2 amide bonds. The topological polar surface area (TPSA) is 129 Å². The molecule has 0 radical (unpaired) electrons. The van der Waals surface area contributed by atoms with Crippen molar-refractivity contribution in [2.75, 3.05) is 20.8 Å². The number of nitrogens with zero attached hydrogens (tertiary/aromatic N) is 3. The molecule has 0 saturated carbocycles. The van der Waals surface area contributed by atoms with Gasteiger partial charge in [-0.3, -0.25) is 19.8 Å². The molecule has 0 aliphatic heterocycles. The predicted octanol–water partition coefficient (Wildman–Crippen LogP) is 4.95. The van der Waals surface area contributed by atoms with E-state index in [0.717, 1.165) is 15.3 Å². The molecule has 3 rings (SSSR count). The number of halogens is 2. The van der Waals surface area contributed by atoms with Crippen LogP contribution in [0.5, 0.6) is 5.88 Å². The smallest absolute Gasteiger partial charge is 0.428 e. The molecule has 2 aromatic carbocycles. The number of ether oxygens (including phenoxy) is 3. The third kappa shape index (κ3) is 9.85. The molecule has 1 unspecified atom stereocenters. The van der Waals surface area contributed by atoms with Gasteiger partial charge in [-0.2, -0.15) is 0 Å². The van der Waals surface area contributed by atoms with E-state index >= 15 is 8.78 Å². The number of aromatic nitrogens is 2. The van der Waals surface area contributed by atoms with Crippen molar-refractivity contribution in [3.63, 3.8) is 0 Å². The zero-order valence-electron chi connectivity index (χ0n) is 25.9. The fraction of sp³-hybridized carbons (Fsp3) is 0.406. The average molecular weight is 629 g/mol. The molecule has 13 heteroatoms. The quantitative estimate of drug-likeness (QED) is 0.208. The van der Waals surface area contributed by atoms with Gasteiger partial charge in [0.15, 0.2) is 6.61 Å². The van der Waals surface area contributed by atoms with Gasteiger partial charge in [-0.15, -0.1) is 5.10 Å². The Labute approximate surface area is 260 Å². The minimum atomic E-state index is -3.39. The third-order valence-electron chi connectivity index (χ3n) is 7.27. The minimum absolute atomic E-state index is 0.0333. The molecule has 242 valence electrons. The zero-order chi connectivity index (χ0) is 33.2. The largest absolute Gasteiger partial charge is 0.470 e. The maximum atomic E-state index is 15.1. The zero-order valence-corrected chi connectivity index (χ0v) is 25.9. The Balaban J connectivity index is 1.79. The van der Waals surface area contributed by atoms with Crippen LogP contribution in [0, 0.1) is 5.92 Å². The van der Waals surface area contributed by atoms with Crippen molar-refractivity contribution >= 4 is 23.9 Å². The van der Waals surface area contributed by atoms with Crippen molar-refractivity contribution in [3.8, 4) is 5.88 Å². The molecular weight excluding hydrogens is 590 g/mol. The number of benzene rings is 2. The van der Waals surface area contributed by atoms with Crippen LogP contribution < -0.4 is 10.2 Å². The Morgan fingerprint density at radius 3 is 2.36 bits per heavy atom. The first-order valence-electron chi connectivity index (χ1n) is 14.2. The van der Waals surface area contributed by atoms with Crippen LogP contribution in [-0.4, -0.2) is 65.4 Å². The predicted molar refractivity (Wildman–Crippen MR) is 159 cm³/mol. The van der Waals surface area contributed by atoms with Gasteiger partial charge in [0.05, 0.1) is 18.4 Å². The maximum absolute atomic E-state index is 15.1. The van der Waals surface area contributed by atoms with Crippen LogP contribution in [0.4, 0.5) is 13.6 Å². The molecular formula is C32H38F2N4O7. The van der Waals surface area contributed by atoms with E-state index in [9.17, 15) is 19.2 Å². The van der Waals surface area contributed by atoms with Gasteiger partial charge in [0.2, 0.25) is 17.7 Å². The summed E-state index contributed by atoms with van der Waals surface area (Å²) in [7, 11) is 2.58. The molecule has 1 N–H and O–H groups in total. The number of carbonyl (C=O) groups excluding carboxylic acids is 4. The minimum Gasteiger partial charge on any atom is -0.470 e. The Morgan fingerprint density at radius 1 is 1.02 bits per heavy atom. The fourth-order valence-electron chi connectivity index (χ4n) is 4.45. The average Bonchev–Trinajstić information content (AvgIpc) is 3.51. The molecule has 3 aromatic rings. The summed E-state index contributed by atoms with van der Waals surface area (Å²) < 4.78 is 46.4. The van der Waals surface area contributed by atoms with E-state index in [1.54, 1.807) is 55.5 Å². The van der Waals surface area contributed by atoms with Gasteiger partial charge < -0.3 is 14.2 Å². The van der Waals surface area contributed by atoms with E-state index in [0.29, 0.717) is 17.5 Å². The number of amides is 2. The summed E-state index contributed by atoms with van der Waals surface area (Å²) in [6, 6.07) is 17.0. The van der Waals surface area contributed by atoms with E-state index in [2.05, 4.69) is 10.5 Å². The van der Waals surface area contributed by atoms with E-state index in [-0.39, 0.29) is 18.9 Å². The van der Waals surface area contributed by atoms with Gasteiger partial charge in [0.25, 0.3) is 5.92 Å². The van der Waals surface area contributed by atoms with Crippen LogP contribution >= 0.6 is 0 Å². The van der Waals surface area contributed by atoms with E-state index < -0.39 is 54.2 Å². The molecule has 45 heavy (non-hydrogen) atoms. The number of methoxy groups -OCH3 is 1. The van der Waals surface area contributed by atoms with Gasteiger partial charge in [0, 0.05) is 32.7 Å². The summed E-state index contributed by atoms with van der Waals surface area (Å²) in [5, 5.41) is 4.66. The van der Waals surface area contributed by atoms with Crippen LogP contribution in [-0.2, 0) is 37.5 Å². The monoisotopic (exact) mass is 628 g/mol. The van der Waals surface area contributed by atoms with Gasteiger partial charge in [-0.25, -0.2) is 23.3 Å². The van der Waals surface area contributed by atoms with Crippen molar-refractivity contribution in [2.24, 2.45) is 5.92 Å². The lowest BCUT2D eigenvalue weighted by atomic mass is 9.76. The highest BCUT2D eigenvalue weighted by atomic mass is 19.3. The number of hydrazine groups is 1. The van der Waals surface area contributed by atoms with E-state index in [1.165, 1.54) is 40.3 Å². The van der Waals surface area contributed by atoms with Crippen LogP contribution in [0.2, 0.25) is 0 Å². The lowest BCUT2D eigenvalue weighted by Gasteiger charge is -2.32. The summed E-state index contributed by atoms with van der Waals surface area (Å²) >= 11 is 0. The molecule has 0 aliphatic rings. The van der Waals surface area contributed by atoms with E-state index in [1.807, 2.05) is 6.07 Å². The molecule has 0 bridgehead atoms. The third-order valence-corrected chi connectivity index (χ3v) is 7.27. The Kier molecular flexibility index (Phi) is 11.8. The molecule has 2 atom stereocenters. The number of nitrogens with one attached hydrogen (secondary N) is 1. The Morgan fingerprint density at radius 2 is 1.71 bits per heavy atom. The maximum Gasteiger partial charge on any atom is 0.428 e. The van der Waals surface area contributed by atoms with Crippen LogP contribution in [0.25, 0.3) is 0 Å². The van der Waals surface area contributed by atoms with Gasteiger partial charge in [-0.05, 0) is 36.5 Å². The van der Waals surface area contributed by atoms with Gasteiger partial charge in [0.1, 0.15) is 6.61 Å². The summed E-state index contributed by atoms with van der Waals surface area (Å²) in [6.45, 7) is 3.39. The molecule has 0 saturated heterocycles. The highest BCUT2D eigenvalue weighted by molar-refractivity contribution is 5.89. The summed E-state index contributed by atoms with van der Waals surface area (Å²) in [5.74, 6) is -5.56. The van der Waals surface area contributed by atoms with Gasteiger partial charge >= 0.3 is 12.1 Å². The molecule has 1 heterocycles.